The molecule has 0 spiro atoms. The number of nitrogens with one attached hydrogen (secondary N) is 1. The summed E-state index contributed by atoms with van der Waals surface area (Å²) in [5, 5.41) is 2.86. The lowest BCUT2D eigenvalue weighted by molar-refractivity contribution is 0.0942. The molecule has 0 aromatic carbocycles. The smallest absolute Gasteiger partial charge is 0.255 e. The van der Waals surface area contributed by atoms with E-state index in [0.29, 0.717) is 6.54 Å². The van der Waals surface area contributed by atoms with E-state index in [1.165, 1.54) is 31.5 Å². The number of carbonyl (C=O) groups excluding carboxylic acids is 1. The van der Waals surface area contributed by atoms with E-state index in [2.05, 4.69) is 16.6 Å². The van der Waals surface area contributed by atoms with Gasteiger partial charge in [-0.25, -0.2) is 4.98 Å². The standard InChI is InChI=1S/C14H19FN2OS/c1-19-14(7-3-2-4-8-14)10-17-13(18)11-6-5-9-16-12(11)15/h5-6,9H,2-4,7-8,10H2,1H3,(H,17,18). The molecule has 1 N–H and O–H groups in total. The van der Waals surface area contributed by atoms with E-state index < -0.39 is 5.95 Å². The van der Waals surface area contributed by atoms with E-state index in [1.54, 1.807) is 6.07 Å². The molecule has 1 saturated carbocycles. The molecule has 3 nitrogen and oxygen atoms in total. The summed E-state index contributed by atoms with van der Waals surface area (Å²) in [6.07, 6.45) is 9.34. The Morgan fingerprint density at radius 1 is 1.47 bits per heavy atom. The second-order valence-corrected chi connectivity index (χ2v) is 6.25. The number of halogens is 1. The molecule has 1 aromatic rings. The molecule has 1 fully saturated rings. The van der Waals surface area contributed by atoms with Crippen LogP contribution < -0.4 is 5.32 Å². The van der Waals surface area contributed by atoms with Crippen molar-refractivity contribution in [3.05, 3.63) is 29.8 Å². The summed E-state index contributed by atoms with van der Waals surface area (Å²) in [5.74, 6) is -1.08. The summed E-state index contributed by atoms with van der Waals surface area (Å²) < 4.78 is 13.5. The van der Waals surface area contributed by atoms with E-state index in [4.69, 9.17) is 0 Å². The molecule has 0 bridgehead atoms. The van der Waals surface area contributed by atoms with Gasteiger partial charge in [0.05, 0.1) is 5.56 Å². The predicted octanol–water partition coefficient (Wildman–Crippen LogP) is 3.02. The number of hydrogen-bond acceptors (Lipinski definition) is 3. The molecule has 0 atom stereocenters. The Kier molecular flexibility index (Phi) is 4.80. The lowest BCUT2D eigenvalue weighted by Gasteiger charge is -2.35. The van der Waals surface area contributed by atoms with Crippen LogP contribution in [0.2, 0.25) is 0 Å². The van der Waals surface area contributed by atoms with Crippen LogP contribution in [-0.4, -0.2) is 28.4 Å². The van der Waals surface area contributed by atoms with Gasteiger partial charge >= 0.3 is 0 Å². The van der Waals surface area contributed by atoms with Crippen LogP contribution in [0.1, 0.15) is 42.5 Å². The fraction of sp³-hybridized carbons (Fsp3) is 0.571. The van der Waals surface area contributed by atoms with E-state index in [0.717, 1.165) is 12.8 Å². The van der Waals surface area contributed by atoms with Gasteiger partial charge in [0.2, 0.25) is 5.95 Å². The summed E-state index contributed by atoms with van der Waals surface area (Å²) in [4.78, 5) is 15.5. The lowest BCUT2D eigenvalue weighted by atomic mass is 9.88. The Labute approximate surface area is 117 Å². The molecule has 1 aromatic heterocycles. The molecule has 104 valence electrons. The molecule has 1 aliphatic rings. The second-order valence-electron chi connectivity index (χ2n) is 4.97. The van der Waals surface area contributed by atoms with Crippen LogP contribution in [0.4, 0.5) is 4.39 Å². The SMILES string of the molecule is CSC1(CNC(=O)c2cccnc2F)CCCCC1. The third-order valence-corrected chi connectivity index (χ3v) is 5.19. The van der Waals surface area contributed by atoms with Crippen molar-refractivity contribution in [1.82, 2.24) is 10.3 Å². The summed E-state index contributed by atoms with van der Waals surface area (Å²) in [5.41, 5.74) is 0.0227. The highest BCUT2D eigenvalue weighted by molar-refractivity contribution is 8.00. The van der Waals surface area contributed by atoms with Crippen molar-refractivity contribution >= 4 is 17.7 Å². The van der Waals surface area contributed by atoms with Crippen LogP contribution in [0.25, 0.3) is 0 Å². The Hall–Kier alpha value is -1.10. The van der Waals surface area contributed by atoms with Crippen molar-refractivity contribution in [3.63, 3.8) is 0 Å². The van der Waals surface area contributed by atoms with Gasteiger partial charge in [-0.05, 0) is 31.2 Å². The number of rotatable bonds is 4. The molecule has 0 unspecified atom stereocenters. The first-order valence-corrected chi connectivity index (χ1v) is 7.83. The average molecular weight is 282 g/mol. The van der Waals surface area contributed by atoms with Crippen molar-refractivity contribution in [2.75, 3.05) is 12.8 Å². The van der Waals surface area contributed by atoms with Gasteiger partial charge in [-0.15, -0.1) is 0 Å². The molecule has 1 amide bonds. The zero-order valence-corrected chi connectivity index (χ0v) is 11.9. The molecule has 19 heavy (non-hydrogen) atoms. The zero-order valence-electron chi connectivity index (χ0n) is 11.1. The molecule has 1 heterocycles. The van der Waals surface area contributed by atoms with Gasteiger partial charge in [-0.2, -0.15) is 16.2 Å². The van der Waals surface area contributed by atoms with Crippen LogP contribution in [0, 0.1) is 5.95 Å². The normalized spacial score (nSPS) is 18.0. The number of aromatic nitrogens is 1. The van der Waals surface area contributed by atoms with Gasteiger partial charge in [-0.1, -0.05) is 19.3 Å². The first-order chi connectivity index (χ1) is 9.17. The molecule has 2 rings (SSSR count). The number of amides is 1. The predicted molar refractivity (Wildman–Crippen MR) is 75.9 cm³/mol. The highest BCUT2D eigenvalue weighted by Crippen LogP contribution is 2.37. The van der Waals surface area contributed by atoms with Gasteiger partial charge in [0, 0.05) is 17.5 Å². The molecule has 0 saturated heterocycles. The Balaban J connectivity index is 1.98. The first kappa shape index (κ1) is 14.3. The lowest BCUT2D eigenvalue weighted by Crippen LogP contribution is -2.42. The Morgan fingerprint density at radius 2 is 2.21 bits per heavy atom. The maximum atomic E-state index is 13.4. The zero-order chi connectivity index (χ0) is 13.7. The van der Waals surface area contributed by atoms with Crippen LogP contribution in [-0.2, 0) is 0 Å². The molecule has 0 aliphatic heterocycles. The maximum Gasteiger partial charge on any atom is 0.255 e. The largest absolute Gasteiger partial charge is 0.350 e. The average Bonchev–Trinajstić information content (AvgIpc) is 2.46. The van der Waals surface area contributed by atoms with Crippen molar-refractivity contribution in [2.24, 2.45) is 0 Å². The fourth-order valence-corrected chi connectivity index (χ4v) is 3.45. The molecule has 5 heteroatoms. The number of pyridine rings is 1. The monoisotopic (exact) mass is 282 g/mol. The van der Waals surface area contributed by atoms with E-state index in [-0.39, 0.29) is 16.2 Å². The van der Waals surface area contributed by atoms with Crippen molar-refractivity contribution in [3.8, 4) is 0 Å². The third kappa shape index (κ3) is 3.47. The summed E-state index contributed by atoms with van der Waals surface area (Å²) in [6.45, 7) is 0.599. The van der Waals surface area contributed by atoms with Crippen LogP contribution >= 0.6 is 11.8 Å². The fourth-order valence-electron chi connectivity index (χ4n) is 2.54. The summed E-state index contributed by atoms with van der Waals surface area (Å²) in [6, 6.07) is 3.03. The van der Waals surface area contributed by atoms with Gasteiger partial charge in [0.1, 0.15) is 0 Å². The quantitative estimate of drug-likeness (QED) is 0.863. The van der Waals surface area contributed by atoms with Crippen molar-refractivity contribution in [2.45, 2.75) is 36.9 Å². The number of thioether (sulfide) groups is 1. The van der Waals surface area contributed by atoms with Crippen LogP contribution in [0.15, 0.2) is 18.3 Å². The van der Waals surface area contributed by atoms with E-state index >= 15 is 0 Å². The van der Waals surface area contributed by atoms with Crippen LogP contribution in [0.5, 0.6) is 0 Å². The molecule has 0 radical (unpaired) electrons. The van der Waals surface area contributed by atoms with E-state index in [9.17, 15) is 9.18 Å². The second kappa shape index (κ2) is 6.37. The maximum absolute atomic E-state index is 13.4. The summed E-state index contributed by atoms with van der Waals surface area (Å²) in [7, 11) is 0. The number of nitrogens with zero attached hydrogens (tertiary/aromatic N) is 1. The van der Waals surface area contributed by atoms with Crippen molar-refractivity contribution in [1.29, 1.82) is 0 Å². The van der Waals surface area contributed by atoms with Gasteiger partial charge in [-0.3, -0.25) is 4.79 Å². The minimum absolute atomic E-state index is 0.0227. The first-order valence-electron chi connectivity index (χ1n) is 6.61. The molecular formula is C14H19FN2OS. The number of hydrogen-bond donors (Lipinski definition) is 1. The van der Waals surface area contributed by atoms with Crippen molar-refractivity contribution < 1.29 is 9.18 Å². The van der Waals surface area contributed by atoms with Gasteiger partial charge in [0.15, 0.2) is 0 Å². The molecular weight excluding hydrogens is 263 g/mol. The minimum Gasteiger partial charge on any atom is -0.350 e. The van der Waals surface area contributed by atoms with Gasteiger partial charge < -0.3 is 5.32 Å². The highest BCUT2D eigenvalue weighted by Gasteiger charge is 2.31. The Morgan fingerprint density at radius 3 is 2.84 bits per heavy atom. The third-order valence-electron chi connectivity index (χ3n) is 3.77. The topological polar surface area (TPSA) is 42.0 Å². The minimum atomic E-state index is -0.707. The van der Waals surface area contributed by atoms with Gasteiger partial charge in [0.25, 0.3) is 5.91 Å². The van der Waals surface area contributed by atoms with Crippen LogP contribution in [0.3, 0.4) is 0 Å². The summed E-state index contributed by atoms with van der Waals surface area (Å²) >= 11 is 1.81. The number of carbonyl (C=O) groups is 1. The van der Waals surface area contributed by atoms with E-state index in [1.807, 2.05) is 11.8 Å². The highest BCUT2D eigenvalue weighted by atomic mass is 32.2. The molecule has 1 aliphatic carbocycles. The Bertz CT molecular complexity index is 447.